The highest BCUT2D eigenvalue weighted by atomic mass is 16.4. The average molecular weight is 185 g/mol. The standard InChI is InChI=1S/C10H19NO2/c1-3-8-4-7(2)10(8,6-11)5-9(12)13/h7-8H,3-6,11H2,1-2H3,(H,12,13). The summed E-state index contributed by atoms with van der Waals surface area (Å²) in [5.74, 6) is 0.276. The molecule has 1 aliphatic rings. The Morgan fingerprint density at radius 2 is 2.31 bits per heavy atom. The molecule has 13 heavy (non-hydrogen) atoms. The molecule has 3 unspecified atom stereocenters. The summed E-state index contributed by atoms with van der Waals surface area (Å²) in [5.41, 5.74) is 5.60. The zero-order chi connectivity index (χ0) is 10.1. The van der Waals surface area contributed by atoms with Gasteiger partial charge < -0.3 is 10.8 Å². The SMILES string of the molecule is CCC1CC(C)C1(CN)CC(=O)O. The first kappa shape index (κ1) is 10.5. The number of carboxylic acids is 1. The summed E-state index contributed by atoms with van der Waals surface area (Å²) in [7, 11) is 0. The minimum atomic E-state index is -0.713. The lowest BCUT2D eigenvalue weighted by Crippen LogP contribution is -2.53. The van der Waals surface area contributed by atoms with Crippen LogP contribution in [0.4, 0.5) is 0 Å². The van der Waals surface area contributed by atoms with Crippen molar-refractivity contribution in [2.24, 2.45) is 23.0 Å². The molecule has 1 rings (SSSR count). The van der Waals surface area contributed by atoms with E-state index >= 15 is 0 Å². The van der Waals surface area contributed by atoms with Crippen LogP contribution >= 0.6 is 0 Å². The van der Waals surface area contributed by atoms with Crippen LogP contribution < -0.4 is 5.73 Å². The van der Waals surface area contributed by atoms with Crippen molar-refractivity contribution in [1.29, 1.82) is 0 Å². The third kappa shape index (κ3) is 1.57. The zero-order valence-corrected chi connectivity index (χ0v) is 8.42. The van der Waals surface area contributed by atoms with Crippen molar-refractivity contribution in [3.8, 4) is 0 Å². The third-order valence-corrected chi connectivity index (χ3v) is 3.79. The minimum absolute atomic E-state index is 0.111. The van der Waals surface area contributed by atoms with E-state index < -0.39 is 5.97 Å². The number of carboxylic acid groups (broad SMARTS) is 1. The number of hydrogen-bond acceptors (Lipinski definition) is 2. The monoisotopic (exact) mass is 185 g/mol. The summed E-state index contributed by atoms with van der Waals surface area (Å²) in [6.45, 7) is 4.74. The van der Waals surface area contributed by atoms with Crippen molar-refractivity contribution in [3.63, 3.8) is 0 Å². The van der Waals surface area contributed by atoms with E-state index in [9.17, 15) is 4.79 Å². The number of hydrogen-bond donors (Lipinski definition) is 2. The Labute approximate surface area is 79.3 Å². The number of carbonyl (C=O) groups is 1. The van der Waals surface area contributed by atoms with Crippen LogP contribution in [0, 0.1) is 17.3 Å². The molecule has 0 aromatic rings. The molecule has 0 aromatic carbocycles. The molecule has 0 amide bonds. The Bertz CT molecular complexity index is 205. The van der Waals surface area contributed by atoms with E-state index in [1.807, 2.05) is 0 Å². The van der Waals surface area contributed by atoms with Crippen LogP contribution in [0.3, 0.4) is 0 Å². The van der Waals surface area contributed by atoms with Gasteiger partial charge in [-0.05, 0) is 30.2 Å². The van der Waals surface area contributed by atoms with E-state index in [0.29, 0.717) is 18.4 Å². The Kier molecular flexibility index (Phi) is 2.96. The van der Waals surface area contributed by atoms with Gasteiger partial charge in [-0.25, -0.2) is 0 Å². The molecule has 1 aliphatic carbocycles. The van der Waals surface area contributed by atoms with Crippen molar-refractivity contribution >= 4 is 5.97 Å². The van der Waals surface area contributed by atoms with Crippen molar-refractivity contribution < 1.29 is 9.90 Å². The van der Waals surface area contributed by atoms with Gasteiger partial charge in [0.05, 0.1) is 6.42 Å². The molecule has 3 N–H and O–H groups in total. The molecule has 1 saturated carbocycles. The molecule has 3 atom stereocenters. The minimum Gasteiger partial charge on any atom is -0.481 e. The summed E-state index contributed by atoms with van der Waals surface area (Å²) in [6.07, 6.45) is 2.43. The van der Waals surface area contributed by atoms with E-state index in [4.69, 9.17) is 10.8 Å². The van der Waals surface area contributed by atoms with Gasteiger partial charge in [0.1, 0.15) is 0 Å². The fraction of sp³-hybridized carbons (Fsp3) is 0.900. The van der Waals surface area contributed by atoms with Gasteiger partial charge in [-0.3, -0.25) is 4.79 Å². The Balaban J connectivity index is 2.71. The van der Waals surface area contributed by atoms with Crippen molar-refractivity contribution in [1.82, 2.24) is 0 Å². The van der Waals surface area contributed by atoms with Crippen LogP contribution in [0.5, 0.6) is 0 Å². The molecule has 0 aromatic heterocycles. The van der Waals surface area contributed by atoms with Gasteiger partial charge in [0.25, 0.3) is 0 Å². The molecule has 76 valence electrons. The first-order valence-corrected chi connectivity index (χ1v) is 4.98. The van der Waals surface area contributed by atoms with Crippen LogP contribution in [-0.4, -0.2) is 17.6 Å². The maximum Gasteiger partial charge on any atom is 0.303 e. The Morgan fingerprint density at radius 3 is 2.62 bits per heavy atom. The highest BCUT2D eigenvalue weighted by molar-refractivity contribution is 5.68. The summed E-state index contributed by atoms with van der Waals surface area (Å²) in [4.78, 5) is 10.7. The van der Waals surface area contributed by atoms with E-state index in [-0.39, 0.29) is 11.8 Å². The molecule has 0 heterocycles. The maximum atomic E-state index is 10.7. The Morgan fingerprint density at radius 1 is 1.69 bits per heavy atom. The van der Waals surface area contributed by atoms with Crippen molar-refractivity contribution in [2.75, 3.05) is 6.54 Å². The predicted octanol–water partition coefficient (Wildman–Crippen LogP) is 1.47. The average Bonchev–Trinajstić information content (AvgIpc) is 2.09. The molecule has 3 heteroatoms. The lowest BCUT2D eigenvalue weighted by molar-refractivity contribution is -0.147. The van der Waals surface area contributed by atoms with Crippen LogP contribution in [-0.2, 0) is 4.79 Å². The lowest BCUT2D eigenvalue weighted by atomic mass is 9.51. The number of rotatable bonds is 4. The smallest absolute Gasteiger partial charge is 0.303 e. The van der Waals surface area contributed by atoms with Crippen LogP contribution in [0.15, 0.2) is 0 Å². The van der Waals surface area contributed by atoms with Crippen molar-refractivity contribution in [2.45, 2.75) is 33.1 Å². The molecule has 0 saturated heterocycles. The fourth-order valence-electron chi connectivity index (χ4n) is 2.75. The van der Waals surface area contributed by atoms with E-state index in [0.717, 1.165) is 12.8 Å². The number of aliphatic carboxylic acids is 1. The maximum absolute atomic E-state index is 10.7. The first-order chi connectivity index (χ1) is 6.06. The second-order valence-electron chi connectivity index (χ2n) is 4.25. The highest BCUT2D eigenvalue weighted by Gasteiger charge is 2.51. The van der Waals surface area contributed by atoms with E-state index in [1.165, 1.54) is 0 Å². The molecule has 1 fully saturated rings. The van der Waals surface area contributed by atoms with Gasteiger partial charge in [0.2, 0.25) is 0 Å². The normalized spacial score (nSPS) is 38.4. The molecular formula is C10H19NO2. The van der Waals surface area contributed by atoms with Gasteiger partial charge in [-0.2, -0.15) is 0 Å². The van der Waals surface area contributed by atoms with Crippen LogP contribution in [0.1, 0.15) is 33.1 Å². The summed E-state index contributed by atoms with van der Waals surface area (Å²) >= 11 is 0. The molecule has 0 bridgehead atoms. The molecule has 0 aliphatic heterocycles. The first-order valence-electron chi connectivity index (χ1n) is 4.98. The Hall–Kier alpha value is -0.570. The van der Waals surface area contributed by atoms with Crippen LogP contribution in [0.2, 0.25) is 0 Å². The quantitative estimate of drug-likeness (QED) is 0.697. The zero-order valence-electron chi connectivity index (χ0n) is 8.42. The summed E-state index contributed by atoms with van der Waals surface area (Å²) < 4.78 is 0. The van der Waals surface area contributed by atoms with Gasteiger partial charge in [0, 0.05) is 0 Å². The second-order valence-corrected chi connectivity index (χ2v) is 4.25. The molecule has 0 radical (unpaired) electrons. The van der Waals surface area contributed by atoms with Gasteiger partial charge >= 0.3 is 5.97 Å². The topological polar surface area (TPSA) is 63.3 Å². The molecule has 0 spiro atoms. The third-order valence-electron chi connectivity index (χ3n) is 3.79. The highest BCUT2D eigenvalue weighted by Crippen LogP contribution is 2.54. The van der Waals surface area contributed by atoms with Gasteiger partial charge in [0.15, 0.2) is 0 Å². The van der Waals surface area contributed by atoms with E-state index in [1.54, 1.807) is 0 Å². The summed E-state index contributed by atoms with van der Waals surface area (Å²) in [5, 5.41) is 8.82. The van der Waals surface area contributed by atoms with Gasteiger partial charge in [-0.15, -0.1) is 0 Å². The van der Waals surface area contributed by atoms with E-state index in [2.05, 4.69) is 13.8 Å². The summed E-state index contributed by atoms with van der Waals surface area (Å²) in [6, 6.07) is 0. The van der Waals surface area contributed by atoms with Crippen molar-refractivity contribution in [3.05, 3.63) is 0 Å². The fourth-order valence-corrected chi connectivity index (χ4v) is 2.75. The molecule has 3 nitrogen and oxygen atoms in total. The molecular weight excluding hydrogens is 166 g/mol. The lowest BCUT2D eigenvalue weighted by Gasteiger charge is -2.54. The van der Waals surface area contributed by atoms with Gasteiger partial charge in [-0.1, -0.05) is 20.3 Å². The second kappa shape index (κ2) is 3.66. The predicted molar refractivity (Wildman–Crippen MR) is 51.3 cm³/mol. The number of nitrogens with two attached hydrogens (primary N) is 1. The largest absolute Gasteiger partial charge is 0.481 e. The van der Waals surface area contributed by atoms with Crippen LogP contribution in [0.25, 0.3) is 0 Å².